The summed E-state index contributed by atoms with van der Waals surface area (Å²) >= 11 is 1.82. The Morgan fingerprint density at radius 1 is 0.840 bits per heavy atom. The van der Waals surface area contributed by atoms with Crippen molar-refractivity contribution < 1.29 is 4.42 Å². The number of rotatable bonds is 1. The minimum absolute atomic E-state index is 0.921. The van der Waals surface area contributed by atoms with Crippen molar-refractivity contribution in [3.8, 4) is 11.3 Å². The zero-order valence-electron chi connectivity index (χ0n) is 14.4. The van der Waals surface area contributed by atoms with Crippen LogP contribution >= 0.6 is 11.3 Å². The van der Waals surface area contributed by atoms with Crippen LogP contribution < -0.4 is 0 Å². The van der Waals surface area contributed by atoms with E-state index in [1.54, 1.807) is 0 Å². The number of pyridine rings is 1. The number of para-hydroxylation sites is 1. The minimum Gasteiger partial charge on any atom is -0.454 e. The van der Waals surface area contributed by atoms with Gasteiger partial charge in [-0.05, 0) is 55.5 Å². The minimum atomic E-state index is 0.921. The summed E-state index contributed by atoms with van der Waals surface area (Å²) in [6.45, 7) is 6.41. The summed E-state index contributed by atoms with van der Waals surface area (Å²) in [4.78, 5) is 5.94. The summed E-state index contributed by atoms with van der Waals surface area (Å²) < 4.78 is 7.66. The molecule has 0 radical (unpaired) electrons. The average molecular weight is 343 g/mol. The molecule has 3 aromatic heterocycles. The van der Waals surface area contributed by atoms with Gasteiger partial charge in [-0.2, -0.15) is 0 Å². The molecule has 2 aromatic carbocycles. The summed E-state index contributed by atoms with van der Waals surface area (Å²) in [5, 5.41) is 3.63. The molecular formula is C22H17NOS. The van der Waals surface area contributed by atoms with Crippen molar-refractivity contribution in [2.75, 3.05) is 0 Å². The largest absolute Gasteiger partial charge is 0.454 e. The first-order valence-electron chi connectivity index (χ1n) is 8.40. The van der Waals surface area contributed by atoms with E-state index >= 15 is 0 Å². The fourth-order valence-electron chi connectivity index (χ4n) is 3.48. The molecule has 3 heterocycles. The first-order chi connectivity index (χ1) is 12.1. The van der Waals surface area contributed by atoms with E-state index in [1.165, 1.54) is 25.9 Å². The van der Waals surface area contributed by atoms with Gasteiger partial charge in [-0.25, -0.2) is 0 Å². The van der Waals surface area contributed by atoms with Gasteiger partial charge in [-0.15, -0.1) is 11.3 Å². The molecule has 0 saturated carbocycles. The maximum absolute atomic E-state index is 6.42. The molecule has 5 rings (SSSR count). The highest BCUT2D eigenvalue weighted by molar-refractivity contribution is 7.20. The topological polar surface area (TPSA) is 26.0 Å². The number of benzene rings is 2. The Balaban J connectivity index is 1.90. The summed E-state index contributed by atoms with van der Waals surface area (Å²) in [7, 11) is 0. The number of nitrogens with zero attached hydrogens (tertiary/aromatic N) is 1. The Hall–Kier alpha value is -2.65. The number of aromatic nitrogens is 1. The van der Waals surface area contributed by atoms with Crippen molar-refractivity contribution in [1.82, 2.24) is 4.98 Å². The molecule has 0 bridgehead atoms. The van der Waals surface area contributed by atoms with Gasteiger partial charge in [-0.1, -0.05) is 24.3 Å². The molecule has 0 atom stereocenters. The predicted octanol–water partition coefficient (Wildman–Crippen LogP) is 6.79. The lowest BCUT2D eigenvalue weighted by molar-refractivity contribution is 0.674. The van der Waals surface area contributed by atoms with Crippen LogP contribution in [0.25, 0.3) is 43.3 Å². The Morgan fingerprint density at radius 3 is 2.44 bits per heavy atom. The van der Waals surface area contributed by atoms with Gasteiger partial charge in [0.05, 0.1) is 10.4 Å². The van der Waals surface area contributed by atoms with Gasteiger partial charge in [0.25, 0.3) is 0 Å². The quantitative estimate of drug-likeness (QED) is 0.335. The van der Waals surface area contributed by atoms with E-state index in [0.29, 0.717) is 0 Å². The van der Waals surface area contributed by atoms with Crippen molar-refractivity contribution in [2.45, 2.75) is 20.8 Å². The second-order valence-corrected chi connectivity index (χ2v) is 7.83. The number of thiophene rings is 1. The molecule has 122 valence electrons. The van der Waals surface area contributed by atoms with E-state index in [4.69, 9.17) is 4.42 Å². The maximum Gasteiger partial charge on any atom is 0.153 e. The average Bonchev–Trinajstić information content (AvgIpc) is 3.14. The Bertz CT molecular complexity index is 1260. The number of hydrogen-bond acceptors (Lipinski definition) is 3. The van der Waals surface area contributed by atoms with E-state index in [-0.39, 0.29) is 0 Å². The summed E-state index contributed by atoms with van der Waals surface area (Å²) in [5.74, 6) is 0. The van der Waals surface area contributed by atoms with Crippen LogP contribution in [0.1, 0.15) is 16.0 Å². The molecule has 0 unspecified atom stereocenters. The van der Waals surface area contributed by atoms with E-state index < -0.39 is 0 Å². The molecule has 0 fully saturated rings. The number of aryl methyl sites for hydroxylation is 3. The Morgan fingerprint density at radius 2 is 1.64 bits per heavy atom. The van der Waals surface area contributed by atoms with Crippen molar-refractivity contribution >= 4 is 43.4 Å². The molecule has 0 aliphatic heterocycles. The first-order valence-corrected chi connectivity index (χ1v) is 9.22. The first kappa shape index (κ1) is 14.7. The molecule has 0 saturated heterocycles. The van der Waals surface area contributed by atoms with Gasteiger partial charge in [0.2, 0.25) is 0 Å². The van der Waals surface area contributed by atoms with Crippen LogP contribution in [-0.4, -0.2) is 4.98 Å². The van der Waals surface area contributed by atoms with Crippen molar-refractivity contribution in [2.24, 2.45) is 0 Å². The highest BCUT2D eigenvalue weighted by atomic mass is 32.1. The molecule has 25 heavy (non-hydrogen) atoms. The number of fused-ring (bicyclic) bond motifs is 5. The zero-order valence-corrected chi connectivity index (χ0v) is 15.2. The van der Waals surface area contributed by atoms with Crippen molar-refractivity contribution in [1.29, 1.82) is 0 Å². The van der Waals surface area contributed by atoms with Crippen LogP contribution in [0.15, 0.2) is 53.1 Å². The zero-order chi connectivity index (χ0) is 17.1. The van der Waals surface area contributed by atoms with E-state index in [9.17, 15) is 0 Å². The molecule has 0 aliphatic carbocycles. The number of furan rings is 1. The third-order valence-corrected chi connectivity index (χ3v) is 6.22. The SMILES string of the molecule is Cc1ccc(-c2cccc3c2oc2c3ccc3c(C)c(C)sc32)nc1. The predicted molar refractivity (Wildman–Crippen MR) is 107 cm³/mol. The van der Waals surface area contributed by atoms with Gasteiger partial charge >= 0.3 is 0 Å². The summed E-state index contributed by atoms with van der Waals surface area (Å²) in [6, 6.07) is 14.9. The van der Waals surface area contributed by atoms with Crippen LogP contribution in [0, 0.1) is 20.8 Å². The highest BCUT2D eigenvalue weighted by Gasteiger charge is 2.17. The second kappa shape index (κ2) is 5.17. The van der Waals surface area contributed by atoms with Crippen LogP contribution in [0.3, 0.4) is 0 Å². The third-order valence-electron chi connectivity index (χ3n) is 5.00. The fourth-order valence-corrected chi connectivity index (χ4v) is 4.63. The van der Waals surface area contributed by atoms with Gasteiger partial charge in [0.15, 0.2) is 5.58 Å². The van der Waals surface area contributed by atoms with Gasteiger partial charge in [0.1, 0.15) is 5.58 Å². The standard InChI is InChI=1S/C22H17NOS/c1-12-7-10-19(23-11-12)18-6-4-5-16-17-9-8-15-13(2)14(3)25-22(15)21(17)24-20(16)18/h4-11H,1-3H3. The van der Waals surface area contributed by atoms with Gasteiger partial charge in [-0.3, -0.25) is 4.98 Å². The van der Waals surface area contributed by atoms with E-state index in [1.807, 2.05) is 17.5 Å². The maximum atomic E-state index is 6.42. The molecule has 5 aromatic rings. The molecule has 0 N–H and O–H groups in total. The smallest absolute Gasteiger partial charge is 0.153 e. The fraction of sp³-hybridized carbons (Fsp3) is 0.136. The van der Waals surface area contributed by atoms with Crippen LogP contribution in [0.4, 0.5) is 0 Å². The van der Waals surface area contributed by atoms with Gasteiger partial charge < -0.3 is 4.42 Å². The molecule has 0 amide bonds. The number of hydrogen-bond donors (Lipinski definition) is 0. The highest BCUT2D eigenvalue weighted by Crippen LogP contribution is 2.41. The second-order valence-electron chi connectivity index (χ2n) is 6.61. The lowest BCUT2D eigenvalue weighted by Crippen LogP contribution is -1.84. The van der Waals surface area contributed by atoms with Crippen LogP contribution in [-0.2, 0) is 0 Å². The summed E-state index contributed by atoms with van der Waals surface area (Å²) in [5.41, 5.74) is 6.42. The lowest BCUT2D eigenvalue weighted by atomic mass is 10.0. The Kier molecular flexibility index (Phi) is 3.03. The Labute approximate surface area is 149 Å². The molecule has 0 spiro atoms. The molecule has 3 heteroatoms. The monoisotopic (exact) mass is 343 g/mol. The molecule has 2 nitrogen and oxygen atoms in total. The van der Waals surface area contributed by atoms with E-state index in [0.717, 1.165) is 33.4 Å². The third kappa shape index (κ3) is 2.06. The lowest BCUT2D eigenvalue weighted by Gasteiger charge is -2.02. The molecule has 0 aliphatic rings. The molecular weight excluding hydrogens is 326 g/mol. The van der Waals surface area contributed by atoms with Crippen LogP contribution in [0.5, 0.6) is 0 Å². The summed E-state index contributed by atoms with van der Waals surface area (Å²) in [6.07, 6.45) is 1.90. The van der Waals surface area contributed by atoms with Crippen LogP contribution in [0.2, 0.25) is 0 Å². The normalized spacial score (nSPS) is 11.8. The van der Waals surface area contributed by atoms with Crippen molar-refractivity contribution in [3.63, 3.8) is 0 Å². The van der Waals surface area contributed by atoms with Gasteiger partial charge in [0, 0.05) is 27.4 Å². The van der Waals surface area contributed by atoms with E-state index in [2.05, 4.69) is 68.2 Å². The van der Waals surface area contributed by atoms with Crippen molar-refractivity contribution in [3.05, 3.63) is 64.7 Å².